The number of carbonyl (C=O) groups excluding carboxylic acids is 1. The summed E-state index contributed by atoms with van der Waals surface area (Å²) in [6.45, 7) is 4.01. The number of pyridine rings is 1. The standard InChI is InChI=1S/C15H15NO/c1-11-6-5-8-14(12(11)2)15(17)10-13-7-3-4-9-16-13/h3-9H,10H2,1-2H3. The van der Waals surface area contributed by atoms with Crippen molar-refractivity contribution in [3.05, 3.63) is 65.0 Å². The third-order valence-corrected chi connectivity index (χ3v) is 2.97. The summed E-state index contributed by atoms with van der Waals surface area (Å²) in [5.74, 6) is 0.130. The lowest BCUT2D eigenvalue weighted by molar-refractivity contribution is 0.0991. The molecule has 0 amide bonds. The van der Waals surface area contributed by atoms with Crippen LogP contribution in [-0.2, 0) is 6.42 Å². The summed E-state index contributed by atoms with van der Waals surface area (Å²) in [5.41, 5.74) is 3.83. The van der Waals surface area contributed by atoms with E-state index in [2.05, 4.69) is 4.98 Å². The van der Waals surface area contributed by atoms with Crippen LogP contribution in [0.15, 0.2) is 42.6 Å². The molecular formula is C15H15NO. The van der Waals surface area contributed by atoms with Gasteiger partial charge in [0.2, 0.25) is 0 Å². The van der Waals surface area contributed by atoms with Crippen LogP contribution in [0.4, 0.5) is 0 Å². The number of carbonyl (C=O) groups is 1. The minimum Gasteiger partial charge on any atom is -0.294 e. The smallest absolute Gasteiger partial charge is 0.169 e. The van der Waals surface area contributed by atoms with Gasteiger partial charge in [-0.2, -0.15) is 0 Å². The number of Topliss-reactive ketones (excluding diaryl/α,β-unsaturated/α-hetero) is 1. The molecule has 0 atom stereocenters. The molecule has 1 heterocycles. The molecule has 0 bridgehead atoms. The lowest BCUT2D eigenvalue weighted by atomic mass is 9.98. The van der Waals surface area contributed by atoms with E-state index in [-0.39, 0.29) is 5.78 Å². The van der Waals surface area contributed by atoms with Gasteiger partial charge in [0, 0.05) is 17.5 Å². The predicted molar refractivity (Wildman–Crippen MR) is 68.2 cm³/mol. The maximum absolute atomic E-state index is 12.1. The second-order valence-electron chi connectivity index (χ2n) is 4.17. The van der Waals surface area contributed by atoms with Crippen LogP contribution in [-0.4, -0.2) is 10.8 Å². The van der Waals surface area contributed by atoms with E-state index in [4.69, 9.17) is 0 Å². The molecule has 2 aromatic rings. The van der Waals surface area contributed by atoms with Crippen molar-refractivity contribution in [2.24, 2.45) is 0 Å². The number of ketones is 1. The van der Waals surface area contributed by atoms with Gasteiger partial charge in [-0.1, -0.05) is 24.3 Å². The number of rotatable bonds is 3. The van der Waals surface area contributed by atoms with E-state index in [0.29, 0.717) is 6.42 Å². The largest absolute Gasteiger partial charge is 0.294 e. The van der Waals surface area contributed by atoms with Gasteiger partial charge in [-0.15, -0.1) is 0 Å². The fourth-order valence-corrected chi connectivity index (χ4v) is 1.82. The van der Waals surface area contributed by atoms with Crippen molar-refractivity contribution in [3.8, 4) is 0 Å². The Kier molecular flexibility index (Phi) is 3.33. The number of benzene rings is 1. The average Bonchev–Trinajstić information content (AvgIpc) is 2.34. The normalized spacial score (nSPS) is 10.2. The third-order valence-electron chi connectivity index (χ3n) is 2.97. The van der Waals surface area contributed by atoms with Crippen LogP contribution in [0.5, 0.6) is 0 Å². The van der Waals surface area contributed by atoms with Gasteiger partial charge >= 0.3 is 0 Å². The van der Waals surface area contributed by atoms with E-state index in [0.717, 1.165) is 22.4 Å². The first-order chi connectivity index (χ1) is 8.18. The molecule has 0 aliphatic carbocycles. The molecule has 1 aromatic carbocycles. The molecule has 0 saturated carbocycles. The van der Waals surface area contributed by atoms with Crippen LogP contribution in [0.25, 0.3) is 0 Å². The van der Waals surface area contributed by atoms with Crippen LogP contribution in [0, 0.1) is 13.8 Å². The van der Waals surface area contributed by atoms with Crippen LogP contribution >= 0.6 is 0 Å². The van der Waals surface area contributed by atoms with Crippen LogP contribution in [0.3, 0.4) is 0 Å². The number of hydrogen-bond acceptors (Lipinski definition) is 2. The van der Waals surface area contributed by atoms with Crippen molar-refractivity contribution in [1.29, 1.82) is 0 Å². The first-order valence-corrected chi connectivity index (χ1v) is 5.68. The van der Waals surface area contributed by atoms with E-state index in [1.807, 2.05) is 50.2 Å². The molecule has 0 radical (unpaired) electrons. The molecule has 0 aliphatic heterocycles. The van der Waals surface area contributed by atoms with Crippen molar-refractivity contribution in [2.75, 3.05) is 0 Å². The summed E-state index contributed by atoms with van der Waals surface area (Å²) in [7, 11) is 0. The molecule has 0 aliphatic rings. The van der Waals surface area contributed by atoms with Gasteiger partial charge in [-0.25, -0.2) is 0 Å². The van der Waals surface area contributed by atoms with E-state index < -0.39 is 0 Å². The molecule has 0 fully saturated rings. The quantitative estimate of drug-likeness (QED) is 0.751. The SMILES string of the molecule is Cc1cccc(C(=O)Cc2ccccn2)c1C. The lowest BCUT2D eigenvalue weighted by Gasteiger charge is -2.07. The molecule has 17 heavy (non-hydrogen) atoms. The fourth-order valence-electron chi connectivity index (χ4n) is 1.82. The van der Waals surface area contributed by atoms with Crippen LogP contribution < -0.4 is 0 Å². The zero-order valence-corrected chi connectivity index (χ0v) is 10.1. The maximum Gasteiger partial charge on any atom is 0.169 e. The summed E-state index contributed by atoms with van der Waals surface area (Å²) in [4.78, 5) is 16.3. The number of aryl methyl sites for hydroxylation is 1. The Balaban J connectivity index is 2.24. The summed E-state index contributed by atoms with van der Waals surface area (Å²) in [5, 5.41) is 0. The van der Waals surface area contributed by atoms with Crippen LogP contribution in [0.1, 0.15) is 27.2 Å². The van der Waals surface area contributed by atoms with Gasteiger partial charge in [0.1, 0.15) is 0 Å². The Morgan fingerprint density at radius 1 is 1.12 bits per heavy atom. The molecule has 2 nitrogen and oxygen atoms in total. The average molecular weight is 225 g/mol. The summed E-state index contributed by atoms with van der Waals surface area (Å²) in [6, 6.07) is 11.5. The summed E-state index contributed by atoms with van der Waals surface area (Å²) >= 11 is 0. The number of nitrogens with zero attached hydrogens (tertiary/aromatic N) is 1. The Bertz CT molecular complexity index is 532. The van der Waals surface area contributed by atoms with Gasteiger partial charge in [-0.3, -0.25) is 9.78 Å². The van der Waals surface area contributed by atoms with Crippen molar-refractivity contribution in [3.63, 3.8) is 0 Å². The zero-order valence-electron chi connectivity index (χ0n) is 10.1. The van der Waals surface area contributed by atoms with E-state index in [1.165, 1.54) is 0 Å². The van der Waals surface area contributed by atoms with E-state index in [1.54, 1.807) is 6.20 Å². The molecule has 0 spiro atoms. The highest BCUT2D eigenvalue weighted by Gasteiger charge is 2.11. The second-order valence-corrected chi connectivity index (χ2v) is 4.17. The minimum absolute atomic E-state index is 0.130. The number of hydrogen-bond donors (Lipinski definition) is 0. The number of aromatic nitrogens is 1. The van der Waals surface area contributed by atoms with Gasteiger partial charge in [0.05, 0.1) is 6.42 Å². The molecule has 2 rings (SSSR count). The topological polar surface area (TPSA) is 30.0 Å². The Hall–Kier alpha value is -1.96. The fraction of sp³-hybridized carbons (Fsp3) is 0.200. The molecule has 0 unspecified atom stereocenters. The van der Waals surface area contributed by atoms with Crippen molar-refractivity contribution in [1.82, 2.24) is 4.98 Å². The second kappa shape index (κ2) is 4.91. The Morgan fingerprint density at radius 2 is 1.94 bits per heavy atom. The van der Waals surface area contributed by atoms with Crippen molar-refractivity contribution >= 4 is 5.78 Å². The molecule has 86 valence electrons. The van der Waals surface area contributed by atoms with Crippen LogP contribution in [0.2, 0.25) is 0 Å². The summed E-state index contributed by atoms with van der Waals surface area (Å²) < 4.78 is 0. The molecule has 0 N–H and O–H groups in total. The zero-order chi connectivity index (χ0) is 12.3. The minimum atomic E-state index is 0.130. The molecule has 0 saturated heterocycles. The first kappa shape index (κ1) is 11.5. The monoisotopic (exact) mass is 225 g/mol. The van der Waals surface area contributed by atoms with E-state index in [9.17, 15) is 4.79 Å². The van der Waals surface area contributed by atoms with Gasteiger partial charge in [-0.05, 0) is 37.1 Å². The highest BCUT2D eigenvalue weighted by atomic mass is 16.1. The summed E-state index contributed by atoms with van der Waals surface area (Å²) in [6.07, 6.45) is 2.08. The highest BCUT2D eigenvalue weighted by Crippen LogP contribution is 2.14. The molecule has 2 heteroatoms. The molecular weight excluding hydrogens is 210 g/mol. The molecule has 1 aromatic heterocycles. The van der Waals surface area contributed by atoms with Gasteiger partial charge in [0.25, 0.3) is 0 Å². The van der Waals surface area contributed by atoms with E-state index >= 15 is 0 Å². The Morgan fingerprint density at radius 3 is 2.65 bits per heavy atom. The maximum atomic E-state index is 12.1. The predicted octanol–water partition coefficient (Wildman–Crippen LogP) is 3.12. The third kappa shape index (κ3) is 2.59. The van der Waals surface area contributed by atoms with Gasteiger partial charge in [0.15, 0.2) is 5.78 Å². The lowest BCUT2D eigenvalue weighted by Crippen LogP contribution is -2.07. The van der Waals surface area contributed by atoms with Gasteiger partial charge < -0.3 is 0 Å². The highest BCUT2D eigenvalue weighted by molar-refractivity contribution is 5.98. The first-order valence-electron chi connectivity index (χ1n) is 5.68. The van der Waals surface area contributed by atoms with Crippen molar-refractivity contribution in [2.45, 2.75) is 20.3 Å². The van der Waals surface area contributed by atoms with Crippen molar-refractivity contribution < 1.29 is 4.79 Å². The Labute approximate surface area is 101 Å².